The number of methoxy groups -OCH3 is 1. The number of likely N-dealkylation sites (tertiary alicyclic amines) is 1. The smallest absolute Gasteiger partial charge is 0.325 e. The van der Waals surface area contributed by atoms with Gasteiger partial charge in [0, 0.05) is 19.1 Å². The zero-order valence-corrected chi connectivity index (χ0v) is 17.2. The van der Waals surface area contributed by atoms with E-state index in [1.807, 2.05) is 7.05 Å². The predicted molar refractivity (Wildman–Crippen MR) is 107 cm³/mol. The fraction of sp³-hybridized carbons (Fsp3) is 0.526. The van der Waals surface area contributed by atoms with Gasteiger partial charge in [-0.15, -0.1) is 12.4 Å². The Bertz CT molecular complexity index is 734. The highest BCUT2D eigenvalue weighted by molar-refractivity contribution is 6.09. The van der Waals surface area contributed by atoms with Gasteiger partial charge in [-0.2, -0.15) is 0 Å². The Kier molecular flexibility index (Phi) is 6.90. The van der Waals surface area contributed by atoms with Gasteiger partial charge < -0.3 is 20.3 Å². The summed E-state index contributed by atoms with van der Waals surface area (Å²) in [6.45, 7) is 2.67. The summed E-state index contributed by atoms with van der Waals surface area (Å²) in [6, 6.07) is 6.82. The number of hydrogen-bond acceptors (Lipinski definition) is 5. The van der Waals surface area contributed by atoms with E-state index in [1.165, 1.54) is 0 Å². The van der Waals surface area contributed by atoms with Crippen LogP contribution in [-0.2, 0) is 15.1 Å². The second kappa shape index (κ2) is 8.79. The molecule has 9 heteroatoms. The first-order valence-electron chi connectivity index (χ1n) is 9.12. The van der Waals surface area contributed by atoms with Crippen molar-refractivity contribution < 1.29 is 19.1 Å². The Labute approximate surface area is 171 Å². The summed E-state index contributed by atoms with van der Waals surface area (Å²) < 4.78 is 5.13. The lowest BCUT2D eigenvalue weighted by Gasteiger charge is -2.32. The van der Waals surface area contributed by atoms with E-state index in [-0.39, 0.29) is 24.9 Å². The quantitative estimate of drug-likeness (QED) is 0.709. The molecule has 1 unspecified atom stereocenters. The molecular weight excluding hydrogens is 384 g/mol. The third-order valence-corrected chi connectivity index (χ3v) is 5.49. The Morgan fingerprint density at radius 2 is 1.86 bits per heavy atom. The van der Waals surface area contributed by atoms with Crippen LogP contribution in [0.4, 0.5) is 4.79 Å². The SMILES string of the molecule is CNC1CCN(C(=O)CN2C(=O)NC(C)(c3ccc(OC)cc3)C2=O)CC1.Cl. The van der Waals surface area contributed by atoms with Gasteiger partial charge in [-0.1, -0.05) is 12.1 Å². The predicted octanol–water partition coefficient (Wildman–Crippen LogP) is 1.09. The van der Waals surface area contributed by atoms with Gasteiger partial charge in [0.05, 0.1) is 7.11 Å². The molecule has 28 heavy (non-hydrogen) atoms. The molecule has 3 rings (SSSR count). The van der Waals surface area contributed by atoms with Crippen molar-refractivity contribution in [2.24, 2.45) is 0 Å². The lowest BCUT2D eigenvalue weighted by Crippen LogP contribution is -2.48. The maximum Gasteiger partial charge on any atom is 0.325 e. The molecule has 2 aliphatic rings. The van der Waals surface area contributed by atoms with Crippen molar-refractivity contribution in [3.8, 4) is 5.75 Å². The topological polar surface area (TPSA) is 91.0 Å². The normalized spacial score (nSPS) is 22.7. The zero-order chi connectivity index (χ0) is 19.6. The molecule has 0 spiro atoms. The molecule has 1 aromatic rings. The number of amides is 4. The number of benzene rings is 1. The van der Waals surface area contributed by atoms with Crippen LogP contribution in [-0.4, -0.2) is 67.5 Å². The zero-order valence-electron chi connectivity index (χ0n) is 16.4. The molecule has 2 heterocycles. The molecule has 0 bridgehead atoms. The molecule has 1 atom stereocenters. The summed E-state index contributed by atoms with van der Waals surface area (Å²) in [4.78, 5) is 40.7. The third-order valence-electron chi connectivity index (χ3n) is 5.49. The van der Waals surface area contributed by atoms with Crippen LogP contribution in [0.25, 0.3) is 0 Å². The summed E-state index contributed by atoms with van der Waals surface area (Å²) in [6.07, 6.45) is 1.73. The largest absolute Gasteiger partial charge is 0.497 e. The van der Waals surface area contributed by atoms with Crippen molar-refractivity contribution in [2.45, 2.75) is 31.3 Å². The number of nitrogens with zero attached hydrogens (tertiary/aromatic N) is 2. The first-order chi connectivity index (χ1) is 12.9. The molecule has 0 aliphatic carbocycles. The van der Waals surface area contributed by atoms with Gasteiger partial charge in [-0.05, 0) is 44.5 Å². The molecule has 0 saturated carbocycles. The molecule has 8 nitrogen and oxygen atoms in total. The second-order valence-corrected chi connectivity index (χ2v) is 7.12. The van der Waals surface area contributed by atoms with Crippen LogP contribution in [0.2, 0.25) is 0 Å². The van der Waals surface area contributed by atoms with E-state index in [9.17, 15) is 14.4 Å². The molecule has 2 saturated heterocycles. The van der Waals surface area contributed by atoms with Crippen LogP contribution in [0.5, 0.6) is 5.75 Å². The number of hydrogen-bond donors (Lipinski definition) is 2. The highest BCUT2D eigenvalue weighted by atomic mass is 35.5. The number of rotatable bonds is 5. The van der Waals surface area contributed by atoms with Crippen LogP contribution in [0.3, 0.4) is 0 Å². The van der Waals surface area contributed by atoms with E-state index < -0.39 is 17.5 Å². The molecule has 2 aliphatic heterocycles. The number of urea groups is 1. The van der Waals surface area contributed by atoms with Gasteiger partial charge in [0.15, 0.2) is 0 Å². The number of nitrogens with one attached hydrogen (secondary N) is 2. The summed E-state index contributed by atoms with van der Waals surface area (Å²) in [5, 5.41) is 5.94. The fourth-order valence-corrected chi connectivity index (χ4v) is 3.61. The number of ether oxygens (including phenoxy) is 1. The van der Waals surface area contributed by atoms with Gasteiger partial charge in [0.1, 0.15) is 17.8 Å². The van der Waals surface area contributed by atoms with E-state index in [0.717, 1.165) is 17.7 Å². The first-order valence-corrected chi connectivity index (χ1v) is 9.12. The second-order valence-electron chi connectivity index (χ2n) is 7.12. The molecular formula is C19H27ClN4O4. The van der Waals surface area contributed by atoms with Crippen LogP contribution < -0.4 is 15.4 Å². The summed E-state index contributed by atoms with van der Waals surface area (Å²) in [5.74, 6) is 0.0410. The lowest BCUT2D eigenvalue weighted by atomic mass is 9.92. The summed E-state index contributed by atoms with van der Waals surface area (Å²) in [5.41, 5.74) is -0.547. The lowest BCUT2D eigenvalue weighted by molar-refractivity contribution is -0.139. The van der Waals surface area contributed by atoms with Gasteiger partial charge in [0.25, 0.3) is 5.91 Å². The molecule has 0 aromatic heterocycles. The maximum absolute atomic E-state index is 12.9. The van der Waals surface area contributed by atoms with Crippen LogP contribution in [0.15, 0.2) is 24.3 Å². The maximum atomic E-state index is 12.9. The minimum absolute atomic E-state index is 0. The van der Waals surface area contributed by atoms with Gasteiger partial charge >= 0.3 is 6.03 Å². The van der Waals surface area contributed by atoms with Crippen LogP contribution in [0.1, 0.15) is 25.3 Å². The van der Waals surface area contributed by atoms with Crippen molar-refractivity contribution in [3.63, 3.8) is 0 Å². The van der Waals surface area contributed by atoms with Crippen LogP contribution >= 0.6 is 12.4 Å². The van der Waals surface area contributed by atoms with Crippen molar-refractivity contribution in [2.75, 3.05) is 33.8 Å². The Hall–Kier alpha value is -2.32. The van der Waals surface area contributed by atoms with Crippen molar-refractivity contribution >= 4 is 30.3 Å². The summed E-state index contributed by atoms with van der Waals surface area (Å²) >= 11 is 0. The number of carbonyl (C=O) groups excluding carboxylic acids is 3. The molecule has 2 N–H and O–H groups in total. The number of piperidine rings is 1. The van der Waals surface area contributed by atoms with E-state index in [4.69, 9.17) is 4.74 Å². The van der Waals surface area contributed by atoms with Crippen molar-refractivity contribution in [1.29, 1.82) is 0 Å². The summed E-state index contributed by atoms with van der Waals surface area (Å²) in [7, 11) is 3.47. The monoisotopic (exact) mass is 410 g/mol. The number of carbonyl (C=O) groups is 3. The highest BCUT2D eigenvalue weighted by Crippen LogP contribution is 2.30. The van der Waals surface area contributed by atoms with E-state index in [1.54, 1.807) is 43.2 Å². The molecule has 2 fully saturated rings. The standard InChI is InChI=1S/C19H26N4O4.ClH/c1-19(13-4-6-15(27-3)7-5-13)17(25)23(18(26)21-19)12-16(24)22-10-8-14(20-2)9-11-22;/h4-7,14,20H,8-12H2,1-3H3,(H,21,26);1H. The fourth-order valence-electron chi connectivity index (χ4n) is 3.61. The molecule has 4 amide bonds. The Morgan fingerprint density at radius 3 is 2.39 bits per heavy atom. The molecule has 154 valence electrons. The van der Waals surface area contributed by atoms with E-state index in [0.29, 0.717) is 30.4 Å². The van der Waals surface area contributed by atoms with E-state index >= 15 is 0 Å². The van der Waals surface area contributed by atoms with E-state index in [2.05, 4.69) is 10.6 Å². The van der Waals surface area contributed by atoms with Crippen molar-refractivity contribution in [1.82, 2.24) is 20.4 Å². The van der Waals surface area contributed by atoms with Gasteiger partial charge in [-0.25, -0.2) is 4.79 Å². The minimum Gasteiger partial charge on any atom is -0.497 e. The molecule has 0 radical (unpaired) electrons. The van der Waals surface area contributed by atoms with Gasteiger partial charge in [-0.3, -0.25) is 14.5 Å². The average Bonchev–Trinajstić information content (AvgIpc) is 2.92. The molecule has 1 aromatic carbocycles. The van der Waals surface area contributed by atoms with Crippen LogP contribution in [0, 0.1) is 0 Å². The third kappa shape index (κ3) is 4.07. The average molecular weight is 411 g/mol. The van der Waals surface area contributed by atoms with Crippen molar-refractivity contribution in [3.05, 3.63) is 29.8 Å². The Morgan fingerprint density at radius 1 is 1.25 bits per heavy atom. The Balaban J connectivity index is 0.00000280. The number of halogens is 1. The first kappa shape index (κ1) is 22.0. The number of imide groups is 1. The highest BCUT2D eigenvalue weighted by Gasteiger charge is 2.49. The minimum atomic E-state index is -1.19. The van der Waals surface area contributed by atoms with Gasteiger partial charge in [0.2, 0.25) is 5.91 Å².